The Balaban J connectivity index is 1.79. The number of hydrogen-bond donors (Lipinski definition) is 1. The second kappa shape index (κ2) is 4.66. The first-order valence-electron chi connectivity index (χ1n) is 6.27. The maximum Gasteiger partial charge on any atom is 0.332 e. The molecule has 1 N–H and O–H groups in total. The van der Waals surface area contributed by atoms with Crippen LogP contribution in [0.5, 0.6) is 0 Å². The third-order valence-electron chi connectivity index (χ3n) is 3.54. The van der Waals surface area contributed by atoms with Gasteiger partial charge in [0.25, 0.3) is 0 Å². The molecule has 0 saturated carbocycles. The molecule has 19 heavy (non-hydrogen) atoms. The molecule has 100 valence electrons. The van der Waals surface area contributed by atoms with Gasteiger partial charge in [0.1, 0.15) is 5.82 Å². The number of aliphatic carboxylic acids is 1. The maximum absolute atomic E-state index is 13.6. The van der Waals surface area contributed by atoms with E-state index in [1.165, 1.54) is 6.07 Å². The Bertz CT molecular complexity index is 622. The summed E-state index contributed by atoms with van der Waals surface area (Å²) in [7, 11) is 0. The van der Waals surface area contributed by atoms with Crippen LogP contribution >= 0.6 is 0 Å². The quantitative estimate of drug-likeness (QED) is 0.925. The van der Waals surface area contributed by atoms with Gasteiger partial charge in [0, 0.05) is 18.1 Å². The van der Waals surface area contributed by atoms with E-state index in [0.717, 1.165) is 5.52 Å². The molecule has 3 rings (SSSR count). The number of rotatable bonds is 3. The number of carbonyl (C=O) groups is 1. The van der Waals surface area contributed by atoms with Crippen molar-refractivity contribution in [1.82, 2.24) is 4.57 Å². The predicted molar refractivity (Wildman–Crippen MR) is 67.4 cm³/mol. The molecule has 1 saturated heterocycles. The first-order valence-corrected chi connectivity index (χ1v) is 6.27. The van der Waals surface area contributed by atoms with Crippen molar-refractivity contribution < 1.29 is 19.0 Å². The van der Waals surface area contributed by atoms with Crippen molar-refractivity contribution in [3.63, 3.8) is 0 Å². The summed E-state index contributed by atoms with van der Waals surface area (Å²) >= 11 is 0. The van der Waals surface area contributed by atoms with Crippen molar-refractivity contribution >= 4 is 16.9 Å². The van der Waals surface area contributed by atoms with Gasteiger partial charge in [-0.2, -0.15) is 0 Å². The number of benzene rings is 1. The number of hydrogen-bond acceptors (Lipinski definition) is 2. The van der Waals surface area contributed by atoms with Crippen molar-refractivity contribution in [3.8, 4) is 0 Å². The van der Waals surface area contributed by atoms with Gasteiger partial charge < -0.3 is 14.4 Å². The van der Waals surface area contributed by atoms with Crippen LogP contribution in [0.25, 0.3) is 10.9 Å². The predicted octanol–water partition coefficient (Wildman–Crippen LogP) is 2.41. The van der Waals surface area contributed by atoms with Crippen molar-refractivity contribution in [2.24, 2.45) is 0 Å². The van der Waals surface area contributed by atoms with Crippen LogP contribution in [-0.4, -0.2) is 27.9 Å². The van der Waals surface area contributed by atoms with E-state index in [4.69, 9.17) is 9.84 Å². The van der Waals surface area contributed by atoms with Gasteiger partial charge in [-0.15, -0.1) is 0 Å². The Kier molecular flexibility index (Phi) is 2.98. The van der Waals surface area contributed by atoms with E-state index in [2.05, 4.69) is 0 Å². The standard InChI is InChI=1S/C14H14FNO3/c15-11-2-1-3-12-10(11)6-7-16(12)8-9-4-5-13(19-9)14(17)18/h1-3,6-7,9,13H,4-5,8H2,(H,17,18). The van der Waals surface area contributed by atoms with Crippen LogP contribution in [-0.2, 0) is 16.1 Å². The normalized spacial score (nSPS) is 23.0. The highest BCUT2D eigenvalue weighted by Crippen LogP contribution is 2.24. The molecule has 1 aliphatic heterocycles. The Morgan fingerprint density at radius 1 is 1.42 bits per heavy atom. The van der Waals surface area contributed by atoms with E-state index < -0.39 is 12.1 Å². The van der Waals surface area contributed by atoms with Crippen molar-refractivity contribution in [1.29, 1.82) is 0 Å². The average Bonchev–Trinajstić information content (AvgIpc) is 2.98. The average molecular weight is 263 g/mol. The summed E-state index contributed by atoms with van der Waals surface area (Å²) in [5, 5.41) is 9.46. The lowest BCUT2D eigenvalue weighted by molar-refractivity contribution is -0.149. The summed E-state index contributed by atoms with van der Waals surface area (Å²) in [6.07, 6.45) is 2.23. The zero-order valence-electron chi connectivity index (χ0n) is 10.3. The Morgan fingerprint density at radius 3 is 3.00 bits per heavy atom. The summed E-state index contributed by atoms with van der Waals surface area (Å²) in [5.41, 5.74) is 0.808. The van der Waals surface area contributed by atoms with E-state index in [1.807, 2.05) is 16.8 Å². The van der Waals surface area contributed by atoms with Gasteiger partial charge in [-0.05, 0) is 31.0 Å². The van der Waals surface area contributed by atoms with Crippen LogP contribution < -0.4 is 0 Å². The lowest BCUT2D eigenvalue weighted by Gasteiger charge is -2.13. The summed E-state index contributed by atoms with van der Waals surface area (Å²) in [4.78, 5) is 10.8. The largest absolute Gasteiger partial charge is 0.479 e. The molecule has 0 aliphatic carbocycles. The lowest BCUT2D eigenvalue weighted by Crippen LogP contribution is -2.22. The van der Waals surface area contributed by atoms with Crippen LogP contribution in [0.4, 0.5) is 4.39 Å². The lowest BCUT2D eigenvalue weighted by atomic mass is 10.2. The highest BCUT2D eigenvalue weighted by molar-refractivity contribution is 5.80. The van der Waals surface area contributed by atoms with Crippen LogP contribution in [0.15, 0.2) is 30.5 Å². The minimum absolute atomic E-state index is 0.125. The SMILES string of the molecule is O=C(O)C1CCC(Cn2ccc3c(F)cccc32)O1. The number of halogens is 1. The molecule has 0 spiro atoms. The highest BCUT2D eigenvalue weighted by Gasteiger charge is 2.30. The number of nitrogens with zero attached hydrogens (tertiary/aromatic N) is 1. The molecular formula is C14H14FNO3. The molecule has 1 fully saturated rings. The number of ether oxygens (including phenoxy) is 1. The Morgan fingerprint density at radius 2 is 2.26 bits per heavy atom. The van der Waals surface area contributed by atoms with E-state index in [9.17, 15) is 9.18 Å². The van der Waals surface area contributed by atoms with Gasteiger partial charge in [0.15, 0.2) is 6.10 Å². The van der Waals surface area contributed by atoms with Gasteiger partial charge in [-0.25, -0.2) is 9.18 Å². The molecule has 1 aromatic carbocycles. The monoisotopic (exact) mass is 263 g/mol. The fraction of sp³-hybridized carbons (Fsp3) is 0.357. The number of carboxylic acid groups (broad SMARTS) is 1. The molecule has 0 amide bonds. The molecule has 1 aromatic heterocycles. The first kappa shape index (κ1) is 12.2. The van der Waals surface area contributed by atoms with E-state index in [-0.39, 0.29) is 11.9 Å². The molecule has 4 nitrogen and oxygen atoms in total. The summed E-state index contributed by atoms with van der Waals surface area (Å²) in [5.74, 6) is -1.15. The zero-order chi connectivity index (χ0) is 13.4. The summed E-state index contributed by atoms with van der Waals surface area (Å²) in [6, 6.07) is 6.68. The van der Waals surface area contributed by atoms with Crippen LogP contribution in [0.3, 0.4) is 0 Å². The van der Waals surface area contributed by atoms with Gasteiger partial charge in [0.2, 0.25) is 0 Å². The topological polar surface area (TPSA) is 51.5 Å². The third kappa shape index (κ3) is 2.21. The van der Waals surface area contributed by atoms with Crippen molar-refractivity contribution in [3.05, 3.63) is 36.3 Å². The molecule has 2 unspecified atom stereocenters. The Labute approximate surface area is 109 Å². The number of carboxylic acids is 1. The molecule has 2 atom stereocenters. The minimum atomic E-state index is -0.911. The highest BCUT2D eigenvalue weighted by atomic mass is 19.1. The molecule has 5 heteroatoms. The molecule has 2 aromatic rings. The van der Waals surface area contributed by atoms with Gasteiger partial charge >= 0.3 is 5.97 Å². The second-order valence-corrected chi connectivity index (χ2v) is 4.80. The van der Waals surface area contributed by atoms with Crippen LogP contribution in [0.1, 0.15) is 12.8 Å². The fourth-order valence-corrected chi connectivity index (χ4v) is 2.59. The van der Waals surface area contributed by atoms with Gasteiger partial charge in [0.05, 0.1) is 11.6 Å². The Hall–Kier alpha value is -1.88. The zero-order valence-corrected chi connectivity index (χ0v) is 10.3. The number of fused-ring (bicyclic) bond motifs is 1. The molecular weight excluding hydrogens is 249 g/mol. The first-order chi connectivity index (χ1) is 9.15. The molecule has 1 aliphatic rings. The van der Waals surface area contributed by atoms with Crippen LogP contribution in [0.2, 0.25) is 0 Å². The third-order valence-corrected chi connectivity index (χ3v) is 3.54. The molecule has 0 radical (unpaired) electrons. The van der Waals surface area contributed by atoms with Gasteiger partial charge in [-0.3, -0.25) is 0 Å². The van der Waals surface area contributed by atoms with E-state index >= 15 is 0 Å². The molecule has 2 heterocycles. The van der Waals surface area contributed by atoms with Gasteiger partial charge in [-0.1, -0.05) is 6.07 Å². The fourth-order valence-electron chi connectivity index (χ4n) is 2.59. The second-order valence-electron chi connectivity index (χ2n) is 4.80. The van der Waals surface area contributed by atoms with Crippen molar-refractivity contribution in [2.75, 3.05) is 0 Å². The smallest absolute Gasteiger partial charge is 0.332 e. The maximum atomic E-state index is 13.6. The van der Waals surface area contributed by atoms with E-state index in [0.29, 0.717) is 24.8 Å². The van der Waals surface area contributed by atoms with E-state index in [1.54, 1.807) is 12.1 Å². The van der Waals surface area contributed by atoms with Crippen molar-refractivity contribution in [2.45, 2.75) is 31.6 Å². The number of aromatic nitrogens is 1. The summed E-state index contributed by atoms with van der Waals surface area (Å²) < 4.78 is 20.9. The summed E-state index contributed by atoms with van der Waals surface area (Å²) in [6.45, 7) is 0.552. The minimum Gasteiger partial charge on any atom is -0.479 e. The molecule has 0 bridgehead atoms. The van der Waals surface area contributed by atoms with Crippen LogP contribution in [0, 0.1) is 5.82 Å².